The summed E-state index contributed by atoms with van der Waals surface area (Å²) in [5.74, 6) is 0.421. The fraction of sp³-hybridized carbons (Fsp3) is 0.450. The van der Waals surface area contributed by atoms with Crippen LogP contribution in [0.1, 0.15) is 55.0 Å². The van der Waals surface area contributed by atoms with E-state index in [2.05, 4.69) is 47.3 Å². The summed E-state index contributed by atoms with van der Waals surface area (Å²) >= 11 is 0. The molecule has 0 unspecified atom stereocenters. The van der Waals surface area contributed by atoms with Crippen LogP contribution in [0.2, 0.25) is 0 Å². The summed E-state index contributed by atoms with van der Waals surface area (Å²) in [6, 6.07) is 8.05. The minimum atomic E-state index is -0.0574. The molecular weight excluding hydrogens is 312 g/mol. The summed E-state index contributed by atoms with van der Waals surface area (Å²) in [6.07, 6.45) is 1.85. The molecule has 5 nitrogen and oxygen atoms in total. The number of nitrogens with zero attached hydrogens (tertiary/aromatic N) is 3. The van der Waals surface area contributed by atoms with Crippen LogP contribution in [0.3, 0.4) is 0 Å². The fourth-order valence-corrected chi connectivity index (χ4v) is 2.92. The van der Waals surface area contributed by atoms with E-state index < -0.39 is 0 Å². The van der Waals surface area contributed by atoms with Crippen LogP contribution < -0.4 is 5.32 Å². The van der Waals surface area contributed by atoms with Crippen molar-refractivity contribution in [1.82, 2.24) is 14.9 Å². The van der Waals surface area contributed by atoms with E-state index in [4.69, 9.17) is 0 Å². The molecule has 1 heterocycles. The van der Waals surface area contributed by atoms with Crippen LogP contribution in [0.15, 0.2) is 24.3 Å². The molecule has 0 aliphatic heterocycles. The van der Waals surface area contributed by atoms with E-state index >= 15 is 0 Å². The molecule has 0 bridgehead atoms. The largest absolute Gasteiger partial charge is 0.338 e. The van der Waals surface area contributed by atoms with Gasteiger partial charge in [0.1, 0.15) is 5.69 Å². The van der Waals surface area contributed by atoms with Crippen molar-refractivity contribution in [2.24, 2.45) is 0 Å². The number of nitrogens with one attached hydrogen (secondary N) is 1. The highest BCUT2D eigenvalue weighted by molar-refractivity contribution is 5.92. The third-order valence-electron chi connectivity index (χ3n) is 4.36. The Bertz CT molecular complexity index is 716. The van der Waals surface area contributed by atoms with Crippen LogP contribution in [0.5, 0.6) is 0 Å². The van der Waals surface area contributed by atoms with E-state index in [0.717, 1.165) is 24.2 Å². The second kappa shape index (κ2) is 8.60. The van der Waals surface area contributed by atoms with Crippen molar-refractivity contribution in [2.45, 2.75) is 47.5 Å². The number of rotatable bonds is 7. The zero-order valence-corrected chi connectivity index (χ0v) is 15.9. The number of aryl methyl sites for hydroxylation is 3. The maximum atomic E-state index is 12.6. The Morgan fingerprint density at radius 2 is 1.64 bits per heavy atom. The van der Waals surface area contributed by atoms with Gasteiger partial charge in [0.2, 0.25) is 5.95 Å². The fourth-order valence-electron chi connectivity index (χ4n) is 2.92. The first-order valence-corrected chi connectivity index (χ1v) is 9.06. The molecule has 0 radical (unpaired) electrons. The zero-order chi connectivity index (χ0) is 18.4. The van der Waals surface area contributed by atoms with Gasteiger partial charge in [-0.05, 0) is 50.8 Å². The summed E-state index contributed by atoms with van der Waals surface area (Å²) in [5.41, 5.74) is 4.72. The number of amides is 1. The molecule has 2 aromatic rings. The lowest BCUT2D eigenvalue weighted by Crippen LogP contribution is -2.31. The molecular formula is C20H28N4O. The summed E-state index contributed by atoms with van der Waals surface area (Å²) in [7, 11) is 0. The quantitative estimate of drug-likeness (QED) is 0.823. The molecule has 0 spiro atoms. The summed E-state index contributed by atoms with van der Waals surface area (Å²) in [5, 5.41) is 3.36. The second-order valence-electron chi connectivity index (χ2n) is 5.98. The second-order valence-corrected chi connectivity index (χ2v) is 5.98. The molecule has 0 saturated heterocycles. The Balaban J connectivity index is 2.40. The number of aromatic nitrogens is 2. The molecule has 5 heteroatoms. The van der Waals surface area contributed by atoms with E-state index in [1.165, 1.54) is 11.1 Å². The normalized spacial score (nSPS) is 10.6. The highest BCUT2D eigenvalue weighted by Gasteiger charge is 2.16. The number of benzene rings is 1. The minimum absolute atomic E-state index is 0.0574. The number of hydrogen-bond acceptors (Lipinski definition) is 4. The molecule has 25 heavy (non-hydrogen) atoms. The number of hydrogen-bond donors (Lipinski definition) is 1. The molecule has 2 rings (SSSR count). The minimum Gasteiger partial charge on any atom is -0.338 e. The standard InChI is InChI=1S/C20H28N4O/c1-6-15-11-10-12-16(7-2)18(15)23-20-21-14(5)13-17(22-20)19(25)24(8-3)9-4/h10-13H,6-9H2,1-5H3,(H,21,22,23). The van der Waals surface area contributed by atoms with Crippen molar-refractivity contribution in [3.8, 4) is 0 Å². The van der Waals surface area contributed by atoms with Gasteiger partial charge in [0.15, 0.2) is 0 Å². The average molecular weight is 340 g/mol. The molecule has 0 aliphatic carbocycles. The average Bonchev–Trinajstić information content (AvgIpc) is 2.62. The van der Waals surface area contributed by atoms with Crippen molar-refractivity contribution in [3.05, 3.63) is 46.8 Å². The van der Waals surface area contributed by atoms with Crippen molar-refractivity contribution >= 4 is 17.5 Å². The van der Waals surface area contributed by atoms with Crippen LogP contribution in [-0.4, -0.2) is 33.9 Å². The lowest BCUT2D eigenvalue weighted by Gasteiger charge is -2.19. The zero-order valence-electron chi connectivity index (χ0n) is 15.9. The van der Waals surface area contributed by atoms with Gasteiger partial charge in [-0.25, -0.2) is 9.97 Å². The summed E-state index contributed by atoms with van der Waals surface area (Å²) in [6.45, 7) is 11.4. The van der Waals surface area contributed by atoms with Gasteiger partial charge in [-0.2, -0.15) is 0 Å². The van der Waals surface area contributed by atoms with Crippen molar-refractivity contribution in [2.75, 3.05) is 18.4 Å². The van der Waals surface area contributed by atoms with E-state index in [0.29, 0.717) is 24.7 Å². The van der Waals surface area contributed by atoms with Gasteiger partial charge in [-0.15, -0.1) is 0 Å². The molecule has 0 atom stereocenters. The van der Waals surface area contributed by atoms with Gasteiger partial charge in [0.05, 0.1) is 0 Å². The third-order valence-corrected chi connectivity index (χ3v) is 4.36. The molecule has 0 fully saturated rings. The Kier molecular flexibility index (Phi) is 6.51. The van der Waals surface area contributed by atoms with Crippen LogP contribution in [-0.2, 0) is 12.8 Å². The molecule has 1 amide bonds. The van der Waals surface area contributed by atoms with Crippen molar-refractivity contribution in [1.29, 1.82) is 0 Å². The highest BCUT2D eigenvalue weighted by atomic mass is 16.2. The van der Waals surface area contributed by atoms with Crippen LogP contribution >= 0.6 is 0 Å². The van der Waals surface area contributed by atoms with E-state index in [1.54, 1.807) is 11.0 Å². The maximum Gasteiger partial charge on any atom is 0.272 e. The predicted octanol–water partition coefficient (Wildman–Crippen LogP) is 4.14. The van der Waals surface area contributed by atoms with Gasteiger partial charge in [0, 0.05) is 24.5 Å². The van der Waals surface area contributed by atoms with Gasteiger partial charge in [-0.3, -0.25) is 4.79 Å². The van der Waals surface area contributed by atoms with Gasteiger partial charge < -0.3 is 10.2 Å². The highest BCUT2D eigenvalue weighted by Crippen LogP contribution is 2.25. The first kappa shape index (κ1) is 18.9. The number of carbonyl (C=O) groups excluding carboxylic acids is 1. The topological polar surface area (TPSA) is 58.1 Å². The van der Waals surface area contributed by atoms with E-state index in [9.17, 15) is 4.79 Å². The molecule has 1 aromatic carbocycles. The lowest BCUT2D eigenvalue weighted by atomic mass is 10.0. The molecule has 0 aliphatic rings. The van der Waals surface area contributed by atoms with Crippen molar-refractivity contribution in [3.63, 3.8) is 0 Å². The Morgan fingerprint density at radius 1 is 1.04 bits per heavy atom. The van der Waals surface area contributed by atoms with Crippen LogP contribution in [0, 0.1) is 6.92 Å². The van der Waals surface area contributed by atoms with E-state index in [-0.39, 0.29) is 5.91 Å². The Labute approximate surface area is 150 Å². The number of para-hydroxylation sites is 1. The smallest absolute Gasteiger partial charge is 0.272 e. The number of carbonyl (C=O) groups is 1. The molecule has 1 aromatic heterocycles. The van der Waals surface area contributed by atoms with Crippen molar-refractivity contribution < 1.29 is 4.79 Å². The van der Waals surface area contributed by atoms with E-state index in [1.807, 2.05) is 20.8 Å². The van der Waals surface area contributed by atoms with Crippen LogP contribution in [0.25, 0.3) is 0 Å². The third kappa shape index (κ3) is 4.35. The first-order chi connectivity index (χ1) is 12.0. The van der Waals surface area contributed by atoms with Gasteiger partial charge in [0.25, 0.3) is 5.91 Å². The molecule has 134 valence electrons. The summed E-state index contributed by atoms with van der Waals surface area (Å²) in [4.78, 5) is 23.3. The lowest BCUT2D eigenvalue weighted by molar-refractivity contribution is 0.0767. The van der Waals surface area contributed by atoms with Crippen LogP contribution in [0.4, 0.5) is 11.6 Å². The Hall–Kier alpha value is -2.43. The number of anilines is 2. The maximum absolute atomic E-state index is 12.6. The SMILES string of the molecule is CCc1cccc(CC)c1Nc1nc(C)cc(C(=O)N(CC)CC)n1. The predicted molar refractivity (Wildman–Crippen MR) is 103 cm³/mol. The van der Waals surface area contributed by atoms with Gasteiger partial charge in [-0.1, -0.05) is 32.0 Å². The monoisotopic (exact) mass is 340 g/mol. The first-order valence-electron chi connectivity index (χ1n) is 9.06. The van der Waals surface area contributed by atoms with Gasteiger partial charge >= 0.3 is 0 Å². The molecule has 1 N–H and O–H groups in total. The Morgan fingerprint density at radius 3 is 2.16 bits per heavy atom. The molecule has 0 saturated carbocycles. The summed E-state index contributed by atoms with van der Waals surface area (Å²) < 4.78 is 0.